The van der Waals surface area contributed by atoms with Crippen LogP contribution in [-0.4, -0.2) is 61.0 Å². The number of rotatable bonds is 35. The molecular formula is C87H144Cl6O5Zr3. The van der Waals surface area contributed by atoms with Crippen LogP contribution in [0.2, 0.25) is 0 Å². The summed E-state index contributed by atoms with van der Waals surface area (Å²) >= 11 is -2.48. The van der Waals surface area contributed by atoms with E-state index in [0.29, 0.717) is 0 Å². The number of unbranched alkanes of at least 4 members (excludes halogenated alkanes) is 15. The Labute approximate surface area is 679 Å². The van der Waals surface area contributed by atoms with Gasteiger partial charge in [0.1, 0.15) is 0 Å². The summed E-state index contributed by atoms with van der Waals surface area (Å²) < 4.78 is 28.5. The summed E-state index contributed by atoms with van der Waals surface area (Å²) in [6.07, 6.45) is 31.7. The predicted molar refractivity (Wildman–Crippen MR) is 440 cm³/mol. The van der Waals surface area contributed by atoms with Crippen molar-refractivity contribution in [1.29, 1.82) is 0 Å². The monoisotopic (exact) mass is 1750 g/mol. The summed E-state index contributed by atoms with van der Waals surface area (Å²) in [5.41, 5.74) is 17.5. The molecule has 5 nitrogen and oxygen atoms in total. The normalized spacial score (nSPS) is 11.0. The maximum absolute atomic E-state index is 5.70. The fourth-order valence-electron chi connectivity index (χ4n) is 10.5. The van der Waals surface area contributed by atoms with Crippen molar-refractivity contribution in [2.75, 3.05) is 33.0 Å². The average molecular weight is 1760 g/mol. The third-order valence-corrected chi connectivity index (χ3v) is 16.0. The van der Waals surface area contributed by atoms with E-state index in [1.807, 2.05) is 0 Å². The van der Waals surface area contributed by atoms with Gasteiger partial charge >= 0.3 is 114 Å². The van der Waals surface area contributed by atoms with E-state index in [2.05, 4.69) is 262 Å². The molecule has 0 amide bonds. The van der Waals surface area contributed by atoms with Gasteiger partial charge < -0.3 is 23.7 Å². The number of aryl methyl sites for hydroxylation is 10. The van der Waals surface area contributed by atoms with Crippen molar-refractivity contribution in [3.8, 4) is 0 Å². The Morgan fingerprint density at radius 1 is 0.287 bits per heavy atom. The van der Waals surface area contributed by atoms with Crippen LogP contribution >= 0.6 is 51.1 Å². The zero-order chi connectivity index (χ0) is 77.0. The van der Waals surface area contributed by atoms with Crippen molar-refractivity contribution in [3.05, 3.63) is 176 Å². The Morgan fingerprint density at radius 2 is 0.485 bits per heavy atom. The van der Waals surface area contributed by atoms with Crippen LogP contribution in [-0.2, 0) is 118 Å². The Hall–Kier alpha value is 0.289. The van der Waals surface area contributed by atoms with Crippen LogP contribution in [0.3, 0.4) is 0 Å². The van der Waals surface area contributed by atoms with E-state index in [4.69, 9.17) is 74.8 Å². The van der Waals surface area contributed by atoms with Crippen LogP contribution in [0.15, 0.2) is 109 Å². The first-order valence-corrected chi connectivity index (χ1v) is 56.8. The van der Waals surface area contributed by atoms with Crippen LogP contribution < -0.4 is 0 Å². The summed E-state index contributed by atoms with van der Waals surface area (Å²) in [4.78, 5) is 0. The molecule has 0 fully saturated rings. The predicted octanol–water partition coefficient (Wildman–Crippen LogP) is 29.3. The van der Waals surface area contributed by atoms with Gasteiger partial charge in [-0.25, -0.2) is 30.3 Å². The molecule has 14 heteroatoms. The number of hydrogen-bond acceptors (Lipinski definition) is 5. The van der Waals surface area contributed by atoms with Gasteiger partial charge in [-0.2, -0.15) is 146 Å². The van der Waals surface area contributed by atoms with Crippen molar-refractivity contribution in [2.45, 2.75) is 341 Å². The van der Waals surface area contributed by atoms with Gasteiger partial charge in [0.05, 0.1) is 28.0 Å². The standard InChI is InChI=1S/3C16H27O.2C15H25O.C9H13.6ClH.3Zr/c3*1-14-10-11-15(13-14)9-7-5-6-8-12-17-16(2,3)4;2*1-15(2,3)16-13-9-5-4-6-10-14-11-7-8-12-14;1-6-5-7(2)9(4)8(6)3;;;;;;;;;/h3*10-11,13H,5-9,12H2,1-4H3;2*7-8,11-12H,4-6,9-10,13H2,1-3H3;5H,1-4H3;6*1H;;;/q6*-1;;;;;;;3*+4/p-6. The Kier molecular flexibility index (Phi) is 69.0. The van der Waals surface area contributed by atoms with Crippen LogP contribution in [0.25, 0.3) is 0 Å². The van der Waals surface area contributed by atoms with E-state index in [1.165, 1.54) is 227 Å². The van der Waals surface area contributed by atoms with Crippen LogP contribution in [0, 0.1) is 48.5 Å². The molecule has 0 aromatic heterocycles. The first kappa shape index (κ1) is 105. The molecule has 6 aromatic rings. The van der Waals surface area contributed by atoms with Gasteiger partial charge in [0, 0.05) is 33.0 Å². The van der Waals surface area contributed by atoms with Gasteiger partial charge in [-0.05, 0) is 136 Å². The third-order valence-electron chi connectivity index (χ3n) is 16.0. The molecule has 6 rings (SSSR count). The van der Waals surface area contributed by atoms with E-state index >= 15 is 0 Å². The summed E-state index contributed by atoms with van der Waals surface area (Å²) in [6, 6.07) is 39.8. The molecule has 576 valence electrons. The van der Waals surface area contributed by atoms with Gasteiger partial charge in [-0.1, -0.05) is 177 Å². The minimum atomic E-state index is -0.826. The number of halogens is 6. The van der Waals surface area contributed by atoms with Crippen molar-refractivity contribution in [1.82, 2.24) is 0 Å². The molecule has 0 saturated carbocycles. The second-order valence-corrected chi connectivity index (χ2v) is 42.8. The van der Waals surface area contributed by atoms with E-state index in [0.717, 1.165) is 33.0 Å². The Bertz CT molecular complexity index is 2430. The topological polar surface area (TPSA) is 46.2 Å². The van der Waals surface area contributed by atoms with Crippen molar-refractivity contribution in [3.63, 3.8) is 0 Å². The van der Waals surface area contributed by atoms with E-state index < -0.39 is 62.5 Å². The van der Waals surface area contributed by atoms with Crippen molar-refractivity contribution < 1.29 is 86.2 Å². The minimum absolute atomic E-state index is 0.0207. The second kappa shape index (κ2) is 66.1. The maximum atomic E-state index is 5.70. The fourth-order valence-corrected chi connectivity index (χ4v) is 10.5. The van der Waals surface area contributed by atoms with Gasteiger partial charge in [0.15, 0.2) is 0 Å². The molecule has 0 bridgehead atoms. The first-order valence-electron chi connectivity index (χ1n) is 37.8. The Morgan fingerprint density at radius 3 is 0.634 bits per heavy atom. The van der Waals surface area contributed by atoms with Gasteiger partial charge in [0.2, 0.25) is 0 Å². The zero-order valence-corrected chi connectivity index (χ0v) is 79.8. The molecule has 0 atom stereocenters. The van der Waals surface area contributed by atoms with Gasteiger partial charge in [-0.15, -0.1) is 0 Å². The molecule has 0 N–H and O–H groups in total. The summed E-state index contributed by atoms with van der Waals surface area (Å²) in [5.74, 6) is 0. The van der Waals surface area contributed by atoms with Crippen LogP contribution in [0.1, 0.15) is 299 Å². The molecule has 0 spiro atoms. The number of ether oxygens (including phenoxy) is 5. The molecule has 0 aliphatic carbocycles. The first-order chi connectivity index (χ1) is 47.4. The van der Waals surface area contributed by atoms with E-state index in [-0.39, 0.29) is 28.0 Å². The zero-order valence-electron chi connectivity index (χ0n) is 67.9. The average Bonchev–Trinajstić information content (AvgIpc) is 1.66. The van der Waals surface area contributed by atoms with Gasteiger partial charge in [-0.3, -0.25) is 0 Å². The van der Waals surface area contributed by atoms with Gasteiger partial charge in [0.25, 0.3) is 0 Å². The molecule has 0 unspecified atom stereocenters. The summed E-state index contributed by atoms with van der Waals surface area (Å²) in [5, 5.41) is 0. The molecule has 6 aromatic carbocycles. The van der Waals surface area contributed by atoms with Crippen molar-refractivity contribution in [2.24, 2.45) is 0 Å². The SMILES string of the molecule is CC(C)(C)OCCCCCCc1cc[cH-]c1.CC(C)(C)OCCCCCCc1cc[cH-]c1.Cc1[cH-]c(C)c(C)c1C.Cc1cc(CCCCCCOC(C)(C)C)c[cH-]1.Cc1cc(CCCCCCOC(C)(C)C)c[cH-]1.Cc1cc(CCCCCCOC(C)(C)C)c[cH-]1.[Cl][Zr+2][Cl].[Cl][Zr+2][Cl].[Cl][Zr+2][Cl]. The van der Waals surface area contributed by atoms with Crippen LogP contribution in [0.5, 0.6) is 0 Å². The molecule has 0 aliphatic rings. The second-order valence-electron chi connectivity index (χ2n) is 31.6. The molecular weight excluding hydrogens is 1610 g/mol. The summed E-state index contributed by atoms with van der Waals surface area (Å²) in [7, 11) is 29.6. The van der Waals surface area contributed by atoms with E-state index in [9.17, 15) is 0 Å². The number of hydrogen-bond donors (Lipinski definition) is 0. The molecule has 101 heavy (non-hydrogen) atoms. The fraction of sp³-hybridized carbons (Fsp3) is 0.655. The molecule has 0 radical (unpaired) electrons. The molecule has 0 saturated heterocycles. The molecule has 0 heterocycles. The van der Waals surface area contributed by atoms with E-state index in [1.54, 1.807) is 0 Å². The van der Waals surface area contributed by atoms with Crippen LogP contribution in [0.4, 0.5) is 0 Å². The quantitative estimate of drug-likeness (QED) is 0.0293. The Balaban J connectivity index is -0.00000112. The third kappa shape index (κ3) is 76.8. The van der Waals surface area contributed by atoms with Crippen molar-refractivity contribution >= 4 is 51.1 Å². The molecule has 0 aliphatic heterocycles. The summed E-state index contributed by atoms with van der Waals surface area (Å²) in [6.45, 7) is 51.4.